The number of amides is 1. The molecule has 0 saturated heterocycles. The molecule has 0 radical (unpaired) electrons. The number of carbonyl (C=O) groups is 1. The van der Waals surface area contributed by atoms with E-state index in [1.807, 2.05) is 48.5 Å². The van der Waals surface area contributed by atoms with Gasteiger partial charge in [-0.15, -0.1) is 0 Å². The number of hydrogen-bond donors (Lipinski definition) is 1. The molecule has 3 heteroatoms. The Morgan fingerprint density at radius 3 is 1.88 bits per heavy atom. The monoisotopic (exact) mass is 339 g/mol. The van der Waals surface area contributed by atoms with Crippen LogP contribution in [0.5, 0.6) is 5.75 Å². The first-order valence-electron chi connectivity index (χ1n) is 8.67. The molecule has 0 aliphatic carbocycles. The summed E-state index contributed by atoms with van der Waals surface area (Å²) < 4.78 is 5.20. The number of benzene rings is 2. The Bertz CT molecular complexity index is 707. The number of rotatable bonds is 5. The van der Waals surface area contributed by atoms with Crippen LogP contribution in [0.3, 0.4) is 0 Å². The minimum atomic E-state index is -0.159. The lowest BCUT2D eigenvalue weighted by Crippen LogP contribution is -2.36. The first kappa shape index (κ1) is 19.0. The Morgan fingerprint density at radius 2 is 1.40 bits per heavy atom. The number of nitrogens with one attached hydrogen (secondary N) is 1. The van der Waals surface area contributed by atoms with Crippen molar-refractivity contribution in [3.63, 3.8) is 0 Å². The van der Waals surface area contributed by atoms with Gasteiger partial charge in [0.25, 0.3) is 5.91 Å². The summed E-state index contributed by atoms with van der Waals surface area (Å²) in [5, 5.41) is 3.05. The van der Waals surface area contributed by atoms with Gasteiger partial charge in [-0.3, -0.25) is 4.79 Å². The van der Waals surface area contributed by atoms with Crippen molar-refractivity contribution in [1.29, 1.82) is 0 Å². The summed E-state index contributed by atoms with van der Waals surface area (Å²) >= 11 is 0. The van der Waals surface area contributed by atoms with Gasteiger partial charge in [0, 0.05) is 17.5 Å². The highest BCUT2D eigenvalue weighted by Crippen LogP contribution is 2.25. The van der Waals surface area contributed by atoms with Crippen molar-refractivity contribution in [2.24, 2.45) is 0 Å². The Morgan fingerprint density at radius 1 is 0.880 bits per heavy atom. The summed E-state index contributed by atoms with van der Waals surface area (Å²) in [5.41, 5.74) is 3.01. The molecule has 0 aromatic heterocycles. The fraction of sp³-hybridized carbons (Fsp3) is 0.409. The van der Waals surface area contributed by atoms with Crippen LogP contribution < -0.4 is 10.1 Å². The summed E-state index contributed by atoms with van der Waals surface area (Å²) in [6.07, 6.45) is 0. The van der Waals surface area contributed by atoms with Crippen molar-refractivity contribution < 1.29 is 9.53 Å². The van der Waals surface area contributed by atoms with Gasteiger partial charge in [-0.1, -0.05) is 58.9 Å². The third-order valence-corrected chi connectivity index (χ3v) is 4.58. The molecule has 0 saturated carbocycles. The normalized spacial score (nSPS) is 11.9. The van der Waals surface area contributed by atoms with Gasteiger partial charge in [-0.25, -0.2) is 0 Å². The molecule has 1 N–H and O–H groups in total. The van der Waals surface area contributed by atoms with Gasteiger partial charge in [0.05, 0.1) is 7.11 Å². The summed E-state index contributed by atoms with van der Waals surface area (Å²) in [6.45, 7) is 11.3. The second-order valence-electron chi connectivity index (χ2n) is 8.12. The Hall–Kier alpha value is -2.29. The van der Waals surface area contributed by atoms with Crippen molar-refractivity contribution in [2.45, 2.75) is 45.4 Å². The topological polar surface area (TPSA) is 38.3 Å². The van der Waals surface area contributed by atoms with Crippen LogP contribution in [-0.4, -0.2) is 19.6 Å². The highest BCUT2D eigenvalue weighted by Gasteiger charge is 2.22. The summed E-state index contributed by atoms with van der Waals surface area (Å²) in [5.74, 6) is 0.796. The maximum Gasteiger partial charge on any atom is 0.251 e. The quantitative estimate of drug-likeness (QED) is 0.857. The molecule has 2 aromatic rings. The number of carbonyl (C=O) groups excluding carboxylic acids is 1. The van der Waals surface area contributed by atoms with E-state index in [-0.39, 0.29) is 16.7 Å². The Balaban J connectivity index is 2.02. The standard InChI is InChI=1S/C22H29NO2/c1-21(2,3)17-9-7-16(8-10-17)20(24)23-15-22(4,5)18-11-13-19(25-6)14-12-18/h7-14H,15H2,1-6H3,(H,23,24). The molecule has 0 aliphatic rings. The van der Waals surface area contributed by atoms with E-state index in [9.17, 15) is 4.79 Å². The number of hydrogen-bond acceptors (Lipinski definition) is 2. The maximum absolute atomic E-state index is 12.5. The zero-order chi connectivity index (χ0) is 18.7. The third-order valence-electron chi connectivity index (χ3n) is 4.58. The largest absolute Gasteiger partial charge is 0.497 e. The molecule has 25 heavy (non-hydrogen) atoms. The van der Waals surface area contributed by atoms with Crippen molar-refractivity contribution >= 4 is 5.91 Å². The highest BCUT2D eigenvalue weighted by atomic mass is 16.5. The van der Waals surface area contributed by atoms with Crippen molar-refractivity contribution in [2.75, 3.05) is 13.7 Å². The molecule has 134 valence electrons. The van der Waals surface area contributed by atoms with Gasteiger partial charge in [0.1, 0.15) is 5.75 Å². The minimum Gasteiger partial charge on any atom is -0.497 e. The van der Waals surface area contributed by atoms with Crippen LogP contribution in [0.2, 0.25) is 0 Å². The van der Waals surface area contributed by atoms with Crippen molar-refractivity contribution in [3.05, 3.63) is 65.2 Å². The Kier molecular flexibility index (Phi) is 5.56. The van der Waals surface area contributed by atoms with E-state index in [1.165, 1.54) is 5.56 Å². The average molecular weight is 339 g/mol. The molecule has 0 fully saturated rings. The zero-order valence-corrected chi connectivity index (χ0v) is 16.1. The smallest absolute Gasteiger partial charge is 0.251 e. The van der Waals surface area contributed by atoms with E-state index in [1.54, 1.807) is 7.11 Å². The van der Waals surface area contributed by atoms with E-state index >= 15 is 0 Å². The van der Waals surface area contributed by atoms with Crippen LogP contribution >= 0.6 is 0 Å². The van der Waals surface area contributed by atoms with E-state index in [2.05, 4.69) is 39.9 Å². The van der Waals surface area contributed by atoms with E-state index < -0.39 is 0 Å². The molecule has 0 spiro atoms. The first-order valence-corrected chi connectivity index (χ1v) is 8.67. The lowest BCUT2D eigenvalue weighted by molar-refractivity contribution is 0.0945. The van der Waals surface area contributed by atoms with Crippen molar-refractivity contribution in [1.82, 2.24) is 5.32 Å². The Labute approximate surface area is 151 Å². The van der Waals surface area contributed by atoms with Gasteiger partial charge in [-0.2, -0.15) is 0 Å². The van der Waals surface area contributed by atoms with Gasteiger partial charge in [0.15, 0.2) is 0 Å². The molecule has 0 bridgehead atoms. The lowest BCUT2D eigenvalue weighted by atomic mass is 9.84. The molecular formula is C22H29NO2. The second kappa shape index (κ2) is 7.30. The SMILES string of the molecule is COc1ccc(C(C)(C)CNC(=O)c2ccc(C(C)(C)C)cc2)cc1. The third kappa shape index (κ3) is 4.85. The van der Waals surface area contributed by atoms with Gasteiger partial charge >= 0.3 is 0 Å². The molecule has 0 unspecified atom stereocenters. The van der Waals surface area contributed by atoms with Crippen LogP contribution in [0.1, 0.15) is 56.1 Å². The highest BCUT2D eigenvalue weighted by molar-refractivity contribution is 5.94. The first-order chi connectivity index (χ1) is 11.6. The zero-order valence-electron chi connectivity index (χ0n) is 16.1. The summed E-state index contributed by atoms with van der Waals surface area (Å²) in [4.78, 5) is 12.5. The van der Waals surface area contributed by atoms with Gasteiger partial charge in [0.2, 0.25) is 0 Å². The molecule has 0 aliphatic heterocycles. The summed E-state index contributed by atoms with van der Waals surface area (Å²) in [6, 6.07) is 15.8. The van der Waals surface area contributed by atoms with E-state index in [0.29, 0.717) is 12.1 Å². The minimum absolute atomic E-state index is 0.0398. The molecular weight excluding hydrogens is 310 g/mol. The van der Waals surface area contributed by atoms with E-state index in [0.717, 1.165) is 11.3 Å². The second-order valence-corrected chi connectivity index (χ2v) is 8.12. The predicted molar refractivity (Wildman–Crippen MR) is 103 cm³/mol. The molecule has 1 amide bonds. The average Bonchev–Trinajstić information content (AvgIpc) is 2.59. The van der Waals surface area contributed by atoms with Gasteiger partial charge in [-0.05, 0) is 40.8 Å². The van der Waals surface area contributed by atoms with Crippen LogP contribution in [-0.2, 0) is 10.8 Å². The maximum atomic E-state index is 12.5. The number of methoxy groups -OCH3 is 1. The van der Waals surface area contributed by atoms with Gasteiger partial charge < -0.3 is 10.1 Å². The van der Waals surface area contributed by atoms with Crippen LogP contribution in [0.4, 0.5) is 0 Å². The molecule has 3 nitrogen and oxygen atoms in total. The fourth-order valence-corrected chi connectivity index (χ4v) is 2.67. The lowest BCUT2D eigenvalue weighted by Gasteiger charge is -2.26. The van der Waals surface area contributed by atoms with Crippen LogP contribution in [0, 0.1) is 0 Å². The van der Waals surface area contributed by atoms with E-state index in [4.69, 9.17) is 4.74 Å². The number of ether oxygens (including phenoxy) is 1. The molecule has 2 rings (SSSR count). The summed E-state index contributed by atoms with van der Waals surface area (Å²) in [7, 11) is 1.66. The van der Waals surface area contributed by atoms with Crippen molar-refractivity contribution in [3.8, 4) is 5.75 Å². The fourth-order valence-electron chi connectivity index (χ4n) is 2.67. The molecule has 2 aromatic carbocycles. The molecule has 0 heterocycles. The van der Waals surface area contributed by atoms with Crippen LogP contribution in [0.25, 0.3) is 0 Å². The molecule has 0 atom stereocenters. The van der Waals surface area contributed by atoms with Crippen LogP contribution in [0.15, 0.2) is 48.5 Å². The predicted octanol–water partition coefficient (Wildman–Crippen LogP) is 4.70.